The van der Waals surface area contributed by atoms with Crippen LogP contribution in [0.4, 0.5) is 8.78 Å². The Balaban J connectivity index is 3.13. The molecule has 0 unspecified atom stereocenters. The minimum absolute atomic E-state index is 0.0359. The highest BCUT2D eigenvalue weighted by Crippen LogP contribution is 2.30. The summed E-state index contributed by atoms with van der Waals surface area (Å²) in [7, 11) is 2.91. The first-order chi connectivity index (χ1) is 6.70. The minimum Gasteiger partial charge on any atom is -0.496 e. The van der Waals surface area contributed by atoms with Gasteiger partial charge in [-0.1, -0.05) is 12.1 Å². The molecule has 0 amide bonds. The lowest BCUT2D eigenvalue weighted by Crippen LogP contribution is -2.00. The molecule has 0 atom stereocenters. The van der Waals surface area contributed by atoms with Crippen molar-refractivity contribution in [2.45, 2.75) is 13.0 Å². The molecule has 0 saturated carbocycles. The van der Waals surface area contributed by atoms with E-state index in [0.29, 0.717) is 11.3 Å². The maximum absolute atomic E-state index is 12.6. The third-order valence-corrected chi connectivity index (χ3v) is 1.91. The first-order valence-corrected chi connectivity index (χ1v) is 4.13. The molecule has 0 heterocycles. The second-order valence-corrected chi connectivity index (χ2v) is 2.76. The van der Waals surface area contributed by atoms with Crippen molar-refractivity contribution in [1.82, 2.24) is 0 Å². The first-order valence-electron chi connectivity index (χ1n) is 4.13. The summed E-state index contributed by atoms with van der Waals surface area (Å²) < 4.78 is 34.9. The van der Waals surface area contributed by atoms with Crippen LogP contribution in [0, 0.1) is 0 Å². The Bertz CT molecular complexity index is 300. The lowest BCUT2D eigenvalue weighted by atomic mass is 10.1. The molecule has 0 aromatic heterocycles. The molecule has 4 heteroatoms. The molecular formula is C10H12F2O2. The highest BCUT2D eigenvalue weighted by atomic mass is 19.3. The third kappa shape index (κ3) is 2.20. The Hall–Kier alpha value is -1.16. The normalized spacial score (nSPS) is 10.6. The van der Waals surface area contributed by atoms with Gasteiger partial charge >= 0.3 is 0 Å². The van der Waals surface area contributed by atoms with E-state index in [1.54, 1.807) is 12.1 Å². The van der Waals surface area contributed by atoms with E-state index in [-0.39, 0.29) is 12.2 Å². The van der Waals surface area contributed by atoms with Gasteiger partial charge < -0.3 is 9.47 Å². The van der Waals surface area contributed by atoms with E-state index < -0.39 is 6.43 Å². The molecule has 0 N–H and O–H groups in total. The zero-order valence-electron chi connectivity index (χ0n) is 8.09. The van der Waals surface area contributed by atoms with Gasteiger partial charge in [0.25, 0.3) is 6.43 Å². The molecular weight excluding hydrogens is 190 g/mol. The van der Waals surface area contributed by atoms with Crippen molar-refractivity contribution in [1.29, 1.82) is 0 Å². The van der Waals surface area contributed by atoms with Gasteiger partial charge in [-0.05, 0) is 6.07 Å². The Labute approximate surface area is 81.4 Å². The molecule has 0 fully saturated rings. The molecule has 14 heavy (non-hydrogen) atoms. The molecule has 0 aliphatic heterocycles. The Morgan fingerprint density at radius 3 is 2.50 bits per heavy atom. The second kappa shape index (κ2) is 4.91. The summed E-state index contributed by atoms with van der Waals surface area (Å²) in [6, 6.07) is 4.56. The maximum atomic E-state index is 12.6. The SMILES string of the molecule is COCc1c(OC)cccc1C(F)F. The van der Waals surface area contributed by atoms with Crippen LogP contribution in [0.15, 0.2) is 18.2 Å². The number of rotatable bonds is 4. The molecule has 1 rings (SSSR count). The van der Waals surface area contributed by atoms with Crippen molar-refractivity contribution in [3.05, 3.63) is 29.3 Å². The molecule has 0 saturated heterocycles. The summed E-state index contributed by atoms with van der Waals surface area (Å²) in [5, 5.41) is 0. The number of halogens is 2. The number of ether oxygens (including phenoxy) is 2. The standard InChI is InChI=1S/C10H12F2O2/c1-13-6-8-7(10(11)12)4-3-5-9(8)14-2/h3-5,10H,6H2,1-2H3. The molecule has 0 spiro atoms. The lowest BCUT2D eigenvalue weighted by molar-refractivity contribution is 0.139. The van der Waals surface area contributed by atoms with E-state index in [1.165, 1.54) is 20.3 Å². The van der Waals surface area contributed by atoms with E-state index in [0.717, 1.165) is 0 Å². The van der Waals surface area contributed by atoms with Crippen LogP contribution in [0.25, 0.3) is 0 Å². The van der Waals surface area contributed by atoms with Crippen molar-refractivity contribution in [2.75, 3.05) is 14.2 Å². The zero-order chi connectivity index (χ0) is 10.6. The summed E-state index contributed by atoms with van der Waals surface area (Å²) in [5.74, 6) is 0.435. The van der Waals surface area contributed by atoms with Gasteiger partial charge in [0.1, 0.15) is 5.75 Å². The van der Waals surface area contributed by atoms with Gasteiger partial charge in [-0.25, -0.2) is 8.78 Å². The Morgan fingerprint density at radius 1 is 1.29 bits per heavy atom. The zero-order valence-corrected chi connectivity index (χ0v) is 8.09. The third-order valence-electron chi connectivity index (χ3n) is 1.91. The van der Waals surface area contributed by atoms with Crippen molar-refractivity contribution in [3.63, 3.8) is 0 Å². The lowest BCUT2D eigenvalue weighted by Gasteiger charge is -2.12. The Kier molecular flexibility index (Phi) is 3.83. The molecule has 78 valence electrons. The van der Waals surface area contributed by atoms with E-state index in [4.69, 9.17) is 9.47 Å². The maximum Gasteiger partial charge on any atom is 0.264 e. The van der Waals surface area contributed by atoms with Crippen LogP contribution in [-0.2, 0) is 11.3 Å². The number of hydrogen-bond donors (Lipinski definition) is 0. The van der Waals surface area contributed by atoms with Crippen LogP contribution >= 0.6 is 0 Å². The van der Waals surface area contributed by atoms with Crippen LogP contribution in [0.3, 0.4) is 0 Å². The average Bonchev–Trinajstić information content (AvgIpc) is 2.18. The highest BCUT2D eigenvalue weighted by Gasteiger charge is 2.15. The molecule has 2 nitrogen and oxygen atoms in total. The van der Waals surface area contributed by atoms with Crippen molar-refractivity contribution in [2.24, 2.45) is 0 Å². The fourth-order valence-electron chi connectivity index (χ4n) is 1.28. The molecule has 1 aromatic carbocycles. The fourth-order valence-corrected chi connectivity index (χ4v) is 1.28. The van der Waals surface area contributed by atoms with Crippen LogP contribution in [0.5, 0.6) is 5.75 Å². The topological polar surface area (TPSA) is 18.5 Å². The summed E-state index contributed by atoms with van der Waals surface area (Å²) in [5.41, 5.74) is 0.374. The molecule has 0 aliphatic rings. The van der Waals surface area contributed by atoms with Gasteiger partial charge in [0.15, 0.2) is 0 Å². The number of methoxy groups -OCH3 is 2. The number of alkyl halides is 2. The smallest absolute Gasteiger partial charge is 0.264 e. The minimum atomic E-state index is -2.50. The van der Waals surface area contributed by atoms with E-state index >= 15 is 0 Å². The summed E-state index contributed by atoms with van der Waals surface area (Å²) in [6.07, 6.45) is -2.50. The van der Waals surface area contributed by atoms with Crippen LogP contribution in [0.2, 0.25) is 0 Å². The van der Waals surface area contributed by atoms with Crippen molar-refractivity contribution >= 4 is 0 Å². The predicted molar refractivity (Wildman–Crippen MR) is 48.7 cm³/mol. The highest BCUT2D eigenvalue weighted by molar-refractivity contribution is 5.40. The van der Waals surface area contributed by atoms with Gasteiger partial charge in [-0.2, -0.15) is 0 Å². The molecule has 1 aromatic rings. The van der Waals surface area contributed by atoms with Crippen molar-refractivity contribution < 1.29 is 18.3 Å². The summed E-state index contributed by atoms with van der Waals surface area (Å²) in [6.45, 7) is 0.129. The summed E-state index contributed by atoms with van der Waals surface area (Å²) >= 11 is 0. The first kappa shape index (κ1) is 10.9. The summed E-state index contributed by atoms with van der Waals surface area (Å²) in [4.78, 5) is 0. The Morgan fingerprint density at radius 2 is 2.00 bits per heavy atom. The van der Waals surface area contributed by atoms with Crippen LogP contribution < -0.4 is 4.74 Å². The second-order valence-electron chi connectivity index (χ2n) is 2.76. The molecule has 0 bridgehead atoms. The van der Waals surface area contributed by atoms with Gasteiger partial charge in [0.05, 0.1) is 13.7 Å². The van der Waals surface area contributed by atoms with Gasteiger partial charge in [0, 0.05) is 18.2 Å². The van der Waals surface area contributed by atoms with Gasteiger partial charge in [0.2, 0.25) is 0 Å². The largest absolute Gasteiger partial charge is 0.496 e. The molecule has 0 radical (unpaired) electrons. The van der Waals surface area contributed by atoms with Gasteiger partial charge in [-0.15, -0.1) is 0 Å². The fraction of sp³-hybridized carbons (Fsp3) is 0.400. The number of hydrogen-bond acceptors (Lipinski definition) is 2. The predicted octanol–water partition coefficient (Wildman–Crippen LogP) is 2.78. The average molecular weight is 202 g/mol. The van der Waals surface area contributed by atoms with Crippen LogP contribution in [-0.4, -0.2) is 14.2 Å². The van der Waals surface area contributed by atoms with Crippen molar-refractivity contribution in [3.8, 4) is 5.75 Å². The van der Waals surface area contributed by atoms with E-state index in [2.05, 4.69) is 0 Å². The van der Waals surface area contributed by atoms with E-state index in [1.807, 2.05) is 0 Å². The number of benzene rings is 1. The quantitative estimate of drug-likeness (QED) is 0.747. The van der Waals surface area contributed by atoms with Crippen LogP contribution in [0.1, 0.15) is 17.6 Å². The monoisotopic (exact) mass is 202 g/mol. The van der Waals surface area contributed by atoms with E-state index in [9.17, 15) is 8.78 Å². The van der Waals surface area contributed by atoms with Gasteiger partial charge in [-0.3, -0.25) is 0 Å². The molecule has 0 aliphatic carbocycles.